The molecule has 1 saturated heterocycles. The first kappa shape index (κ1) is 37.3. The van der Waals surface area contributed by atoms with Crippen molar-refractivity contribution in [3.63, 3.8) is 0 Å². The van der Waals surface area contributed by atoms with Gasteiger partial charge in [0.1, 0.15) is 0 Å². The maximum absolute atomic E-state index is 13.6. The van der Waals surface area contributed by atoms with Crippen LogP contribution in [-0.2, 0) is 34.0 Å². The fourth-order valence-corrected chi connectivity index (χ4v) is 6.83. The molecule has 1 aliphatic heterocycles. The molecule has 1 fully saturated rings. The summed E-state index contributed by atoms with van der Waals surface area (Å²) in [5, 5.41) is 27.2. The summed E-state index contributed by atoms with van der Waals surface area (Å²) >= 11 is 0. The summed E-state index contributed by atoms with van der Waals surface area (Å²) in [7, 11) is -3.51. The first-order valence-corrected chi connectivity index (χ1v) is 16.8. The Morgan fingerprint density at radius 2 is 1.77 bits per heavy atom. The number of amides is 1. The number of nitrogens with one attached hydrogen (secondary N) is 3. The summed E-state index contributed by atoms with van der Waals surface area (Å²) in [5.74, 6) is -0.452. The minimum absolute atomic E-state index is 0.00215. The molecule has 14 heteroatoms. The number of carbonyl (C=O) groups excluding carboxylic acids is 1. The van der Waals surface area contributed by atoms with Gasteiger partial charge in [0.15, 0.2) is 0 Å². The molecule has 0 spiro atoms. The molecule has 47 heavy (non-hydrogen) atoms. The van der Waals surface area contributed by atoms with Crippen LogP contribution in [0.15, 0.2) is 66.7 Å². The number of carbonyl (C=O) groups is 2. The van der Waals surface area contributed by atoms with Gasteiger partial charge in [0.2, 0.25) is 10.0 Å². The third-order valence-corrected chi connectivity index (χ3v) is 9.49. The van der Waals surface area contributed by atoms with Crippen molar-refractivity contribution in [2.75, 3.05) is 35.0 Å². The van der Waals surface area contributed by atoms with Gasteiger partial charge in [0.05, 0.1) is 29.1 Å². The second-order valence-corrected chi connectivity index (χ2v) is 13.1. The number of benzene rings is 3. The van der Waals surface area contributed by atoms with Gasteiger partial charge in [-0.1, -0.05) is 36.4 Å². The fourth-order valence-electron chi connectivity index (χ4n) is 5.21. The molecule has 0 aliphatic carbocycles. The molecule has 2 atom stereocenters. The van der Waals surface area contributed by atoms with Gasteiger partial charge >= 0.3 is 6.18 Å². The Labute approximate surface area is 273 Å². The minimum atomic E-state index is -4.46. The summed E-state index contributed by atoms with van der Waals surface area (Å²) < 4.78 is 66.6. The Bertz CT molecular complexity index is 1590. The molecular weight excluding hydrogens is 637 g/mol. The highest BCUT2D eigenvalue weighted by Gasteiger charge is 2.31. The summed E-state index contributed by atoms with van der Waals surface area (Å²) in [6, 6.07) is 17.0. The number of alkyl halides is 3. The molecule has 4 rings (SSSR count). The quantitative estimate of drug-likeness (QED) is 0.175. The number of rotatable bonds is 12. The molecule has 3 aromatic carbocycles. The first-order valence-electron chi connectivity index (χ1n) is 15.2. The highest BCUT2D eigenvalue weighted by Crippen LogP contribution is 2.31. The number of carboxylic acid groups (broad SMARTS) is 1. The Hall–Kier alpha value is -4.14. The van der Waals surface area contributed by atoms with E-state index in [9.17, 15) is 31.5 Å². The van der Waals surface area contributed by atoms with Crippen molar-refractivity contribution in [3.05, 3.63) is 94.5 Å². The third-order valence-electron chi connectivity index (χ3n) is 7.62. The first-order chi connectivity index (χ1) is 22.3. The summed E-state index contributed by atoms with van der Waals surface area (Å²) in [6.07, 6.45) is -3.97. The van der Waals surface area contributed by atoms with Crippen LogP contribution in [0, 0.1) is 6.92 Å². The molecule has 256 valence electrons. The smallest absolute Gasteiger partial charge is 0.416 e. The lowest BCUT2D eigenvalue weighted by atomic mass is 10.00. The van der Waals surface area contributed by atoms with E-state index >= 15 is 0 Å². The molecule has 0 aromatic heterocycles. The fraction of sp³-hybridized carbons (Fsp3) is 0.394. The van der Waals surface area contributed by atoms with Crippen LogP contribution < -0.4 is 20.3 Å². The highest BCUT2D eigenvalue weighted by molar-refractivity contribution is 7.92. The zero-order valence-electron chi connectivity index (χ0n) is 26.3. The minimum Gasteiger partial charge on any atom is -0.483 e. The SMILES string of the molecule is CCNc1cc(C(=O)N[C@@H](Cc2ccccc2)[C@H](O)CNCc2cc(C(F)(F)F)ccc2C)cc(N2CCCCS2(=O)=O)c1.O=CO. The van der Waals surface area contributed by atoms with E-state index in [4.69, 9.17) is 9.90 Å². The van der Waals surface area contributed by atoms with Crippen LogP contribution in [0.1, 0.15) is 52.4 Å². The molecule has 10 nitrogen and oxygen atoms in total. The van der Waals surface area contributed by atoms with E-state index < -0.39 is 39.8 Å². The molecular formula is C33H41F3N4O6S. The van der Waals surface area contributed by atoms with Gasteiger partial charge in [-0.25, -0.2) is 8.42 Å². The number of aliphatic hydroxyl groups is 1. The number of aryl methyl sites for hydroxylation is 1. The summed E-state index contributed by atoms with van der Waals surface area (Å²) in [6.45, 7) is 4.34. The molecule has 0 radical (unpaired) electrons. The largest absolute Gasteiger partial charge is 0.483 e. The van der Waals surface area contributed by atoms with Crippen LogP contribution in [0.3, 0.4) is 0 Å². The lowest BCUT2D eigenvalue weighted by molar-refractivity contribution is -0.137. The monoisotopic (exact) mass is 678 g/mol. The highest BCUT2D eigenvalue weighted by atomic mass is 32.2. The van der Waals surface area contributed by atoms with Crippen molar-refractivity contribution in [2.24, 2.45) is 0 Å². The Morgan fingerprint density at radius 1 is 1.06 bits per heavy atom. The standard InChI is InChI=1S/C32H39F3N4O4S.CH2O2/c1-3-37-27-17-24(18-28(19-27)39-13-7-8-14-44(39,42)43)31(41)38-29(15-23-9-5-4-6-10-23)30(40)21-36-20-25-16-26(32(33,34)35)12-11-22(25)2;2-1-3/h4-6,9-12,16-19,29-30,36-37,40H,3,7-8,13-15,20-21H2,1-2H3,(H,38,41);1H,(H,2,3)/t29-,30+;/m0./s1. The lowest BCUT2D eigenvalue weighted by Crippen LogP contribution is -2.48. The Balaban J connectivity index is 0.00000192. The van der Waals surface area contributed by atoms with Gasteiger partial charge in [0.25, 0.3) is 12.4 Å². The van der Waals surface area contributed by atoms with Gasteiger partial charge in [-0.05, 0) is 80.1 Å². The number of nitrogens with zero attached hydrogens (tertiary/aromatic N) is 1. The maximum Gasteiger partial charge on any atom is 0.416 e. The Morgan fingerprint density at radius 3 is 2.40 bits per heavy atom. The zero-order chi connectivity index (χ0) is 34.6. The normalized spacial score (nSPS) is 15.5. The molecule has 1 amide bonds. The van der Waals surface area contributed by atoms with E-state index in [1.165, 1.54) is 10.4 Å². The number of hydrogen-bond acceptors (Lipinski definition) is 7. The third kappa shape index (κ3) is 11.0. The predicted octanol–water partition coefficient (Wildman–Crippen LogP) is 4.57. The summed E-state index contributed by atoms with van der Waals surface area (Å²) in [5.41, 5.74) is 2.48. The van der Waals surface area contributed by atoms with Crippen molar-refractivity contribution >= 4 is 33.8 Å². The van der Waals surface area contributed by atoms with Crippen molar-refractivity contribution in [2.45, 2.75) is 58.0 Å². The second kappa shape index (κ2) is 17.1. The van der Waals surface area contributed by atoms with Crippen LogP contribution in [-0.4, -0.2) is 68.5 Å². The van der Waals surface area contributed by atoms with E-state index in [0.29, 0.717) is 48.4 Å². The predicted molar refractivity (Wildman–Crippen MR) is 175 cm³/mol. The van der Waals surface area contributed by atoms with Crippen molar-refractivity contribution < 1.29 is 41.4 Å². The van der Waals surface area contributed by atoms with Crippen molar-refractivity contribution in [1.82, 2.24) is 10.6 Å². The Kier molecular flexibility index (Phi) is 13.6. The number of anilines is 2. The molecule has 1 heterocycles. The van der Waals surface area contributed by atoms with Crippen LogP contribution in [0.4, 0.5) is 24.5 Å². The van der Waals surface area contributed by atoms with E-state index in [1.54, 1.807) is 25.1 Å². The van der Waals surface area contributed by atoms with Gasteiger partial charge in [-0.2, -0.15) is 13.2 Å². The molecule has 3 aromatic rings. The van der Waals surface area contributed by atoms with E-state index in [-0.39, 0.29) is 37.3 Å². The van der Waals surface area contributed by atoms with Crippen LogP contribution in [0.5, 0.6) is 0 Å². The average Bonchev–Trinajstić information content (AvgIpc) is 3.01. The molecule has 0 saturated carbocycles. The lowest BCUT2D eigenvalue weighted by Gasteiger charge is -2.29. The second-order valence-electron chi connectivity index (χ2n) is 11.1. The number of halogens is 3. The van der Waals surface area contributed by atoms with Gasteiger partial charge in [0, 0.05) is 37.4 Å². The van der Waals surface area contributed by atoms with Gasteiger partial charge in [-0.3, -0.25) is 13.9 Å². The topological polar surface area (TPSA) is 148 Å². The van der Waals surface area contributed by atoms with Crippen LogP contribution in [0.2, 0.25) is 0 Å². The molecule has 0 unspecified atom stereocenters. The summed E-state index contributed by atoms with van der Waals surface area (Å²) in [4.78, 5) is 22.0. The van der Waals surface area contributed by atoms with E-state index in [0.717, 1.165) is 17.7 Å². The van der Waals surface area contributed by atoms with Crippen molar-refractivity contribution in [3.8, 4) is 0 Å². The van der Waals surface area contributed by atoms with Crippen LogP contribution in [0.25, 0.3) is 0 Å². The van der Waals surface area contributed by atoms with E-state index in [2.05, 4.69) is 16.0 Å². The van der Waals surface area contributed by atoms with Gasteiger partial charge in [-0.15, -0.1) is 0 Å². The van der Waals surface area contributed by atoms with Crippen molar-refractivity contribution in [1.29, 1.82) is 0 Å². The number of aliphatic hydroxyl groups excluding tert-OH is 1. The molecule has 5 N–H and O–H groups in total. The average molecular weight is 679 g/mol. The van der Waals surface area contributed by atoms with Gasteiger partial charge < -0.3 is 26.2 Å². The van der Waals surface area contributed by atoms with E-state index in [1.807, 2.05) is 37.3 Å². The number of sulfonamides is 1. The zero-order valence-corrected chi connectivity index (χ0v) is 27.1. The number of hydrogen-bond donors (Lipinski definition) is 5. The maximum atomic E-state index is 13.6. The molecule has 0 bridgehead atoms. The van der Waals surface area contributed by atoms with Crippen LogP contribution >= 0.6 is 0 Å². The molecule has 1 aliphatic rings.